The number of carbonyl (C=O) groups is 2. The van der Waals surface area contributed by atoms with Crippen molar-refractivity contribution in [2.24, 2.45) is 5.73 Å². The molecule has 2 amide bonds. The van der Waals surface area contributed by atoms with Crippen LogP contribution >= 0.6 is 7.60 Å². The van der Waals surface area contributed by atoms with Crippen LogP contribution in [0.3, 0.4) is 0 Å². The average Bonchev–Trinajstić information content (AvgIpc) is 2.78. The fraction of sp³-hybridized carbons (Fsp3) is 0.619. The molecule has 10 heteroatoms. The van der Waals surface area contributed by atoms with Crippen molar-refractivity contribution in [3.63, 3.8) is 0 Å². The first-order valence-electron chi connectivity index (χ1n) is 10.8. The Morgan fingerprint density at radius 3 is 2.26 bits per heavy atom. The lowest BCUT2D eigenvalue weighted by Gasteiger charge is -2.35. The number of amides is 2. The highest BCUT2D eigenvalue weighted by Crippen LogP contribution is 2.47. The predicted octanol–water partition coefficient (Wildman–Crippen LogP) is 2.66. The Morgan fingerprint density at radius 2 is 1.68 bits per heavy atom. The molecule has 1 heterocycles. The first kappa shape index (κ1) is 25.3. The highest BCUT2D eigenvalue weighted by Gasteiger charge is 2.31. The molecule has 2 rings (SSSR count). The zero-order chi connectivity index (χ0) is 22.9. The van der Waals surface area contributed by atoms with Gasteiger partial charge in [0.05, 0.1) is 25.1 Å². The first-order chi connectivity index (χ1) is 14.9. The second-order valence-corrected chi connectivity index (χ2v) is 9.21. The Balaban J connectivity index is 2.01. The summed E-state index contributed by atoms with van der Waals surface area (Å²) in [7, 11) is -3.47. The number of hydrogen-bond acceptors (Lipinski definition) is 7. The molecule has 1 aromatic carbocycles. The van der Waals surface area contributed by atoms with Crippen molar-refractivity contribution in [2.45, 2.75) is 39.7 Å². The van der Waals surface area contributed by atoms with E-state index in [1.165, 1.54) is 0 Å². The summed E-state index contributed by atoms with van der Waals surface area (Å²) in [4.78, 5) is 28.2. The third kappa shape index (κ3) is 6.77. The number of benzene rings is 1. The Hall–Kier alpha value is -1.93. The van der Waals surface area contributed by atoms with Gasteiger partial charge in [0, 0.05) is 26.2 Å². The highest BCUT2D eigenvalue weighted by atomic mass is 31.2. The van der Waals surface area contributed by atoms with Gasteiger partial charge in [-0.3, -0.25) is 9.36 Å². The standard InChI is InChI=1S/C21H34N3O6P/c1-4-7-15-28-21(26)24-13-11-23(12-14-24)20(25)19(22)17-9-8-10-18(16-17)31(27,29-5-2)30-6-3/h8-10,16,19H,4-7,11-15,22H2,1-3H3. The summed E-state index contributed by atoms with van der Waals surface area (Å²) in [5.41, 5.74) is 6.77. The van der Waals surface area contributed by atoms with E-state index >= 15 is 0 Å². The van der Waals surface area contributed by atoms with Gasteiger partial charge in [-0.15, -0.1) is 0 Å². The first-order valence-corrected chi connectivity index (χ1v) is 12.4. The minimum absolute atomic E-state index is 0.234. The maximum absolute atomic E-state index is 13.0. The number of unbranched alkanes of at least 4 members (excludes halogenated alkanes) is 1. The van der Waals surface area contributed by atoms with E-state index in [4.69, 9.17) is 19.5 Å². The number of piperazine rings is 1. The summed E-state index contributed by atoms with van der Waals surface area (Å²) >= 11 is 0. The third-order valence-corrected chi connectivity index (χ3v) is 7.09. The second kappa shape index (κ2) is 12.2. The summed E-state index contributed by atoms with van der Waals surface area (Å²) in [6.45, 7) is 7.94. The molecule has 0 saturated carbocycles. The van der Waals surface area contributed by atoms with Crippen LogP contribution in [0.5, 0.6) is 0 Å². The van der Waals surface area contributed by atoms with Gasteiger partial charge in [0.1, 0.15) is 6.04 Å². The molecular formula is C21H34N3O6P. The molecule has 0 radical (unpaired) electrons. The van der Waals surface area contributed by atoms with Gasteiger partial charge in [-0.05, 0) is 38.0 Å². The molecule has 0 spiro atoms. The van der Waals surface area contributed by atoms with Crippen molar-refractivity contribution in [2.75, 3.05) is 46.0 Å². The topological polar surface area (TPSA) is 111 Å². The third-order valence-electron chi connectivity index (χ3n) is 4.98. The summed E-state index contributed by atoms with van der Waals surface area (Å²) in [5.74, 6) is -0.251. The minimum atomic E-state index is -3.47. The van der Waals surface area contributed by atoms with Gasteiger partial charge in [-0.2, -0.15) is 0 Å². The Morgan fingerprint density at radius 1 is 1.06 bits per heavy atom. The maximum atomic E-state index is 13.0. The van der Waals surface area contributed by atoms with Crippen LogP contribution in [0.25, 0.3) is 0 Å². The van der Waals surface area contributed by atoms with Gasteiger partial charge >= 0.3 is 13.7 Å². The smallest absolute Gasteiger partial charge is 0.409 e. The van der Waals surface area contributed by atoms with Gasteiger partial charge in [0.2, 0.25) is 5.91 Å². The lowest BCUT2D eigenvalue weighted by atomic mass is 10.1. The van der Waals surface area contributed by atoms with Crippen molar-refractivity contribution in [1.82, 2.24) is 9.80 Å². The van der Waals surface area contributed by atoms with Crippen LogP contribution in [-0.2, 0) is 23.1 Å². The molecule has 1 aromatic rings. The normalized spacial score (nSPS) is 15.6. The minimum Gasteiger partial charge on any atom is -0.449 e. The van der Waals surface area contributed by atoms with E-state index in [9.17, 15) is 14.2 Å². The van der Waals surface area contributed by atoms with E-state index in [0.29, 0.717) is 43.7 Å². The molecule has 1 atom stereocenters. The molecule has 1 saturated heterocycles. The van der Waals surface area contributed by atoms with Crippen molar-refractivity contribution in [3.05, 3.63) is 29.8 Å². The number of hydrogen-bond donors (Lipinski definition) is 1. The van der Waals surface area contributed by atoms with Crippen molar-refractivity contribution < 1.29 is 27.9 Å². The van der Waals surface area contributed by atoms with Crippen molar-refractivity contribution in [3.8, 4) is 0 Å². The van der Waals surface area contributed by atoms with Crippen LogP contribution in [0, 0.1) is 0 Å². The number of nitrogens with two attached hydrogens (primary N) is 1. The molecule has 1 aliphatic heterocycles. The molecule has 2 N–H and O–H groups in total. The summed E-state index contributed by atoms with van der Waals surface area (Å²) < 4.78 is 29.0. The fourth-order valence-corrected chi connectivity index (χ4v) is 4.89. The molecule has 174 valence electrons. The molecule has 0 bridgehead atoms. The fourth-order valence-electron chi connectivity index (χ4n) is 3.26. The van der Waals surface area contributed by atoms with Crippen LogP contribution in [0.1, 0.15) is 45.2 Å². The van der Waals surface area contributed by atoms with Crippen LogP contribution in [0.4, 0.5) is 4.79 Å². The van der Waals surface area contributed by atoms with E-state index < -0.39 is 13.6 Å². The van der Waals surface area contributed by atoms with Gasteiger partial charge in [-0.25, -0.2) is 4.79 Å². The van der Waals surface area contributed by atoms with Crippen LogP contribution in [-0.4, -0.2) is 67.8 Å². The molecule has 31 heavy (non-hydrogen) atoms. The maximum Gasteiger partial charge on any atom is 0.409 e. The van der Waals surface area contributed by atoms with Crippen molar-refractivity contribution in [1.29, 1.82) is 0 Å². The van der Waals surface area contributed by atoms with Crippen LogP contribution in [0.2, 0.25) is 0 Å². The van der Waals surface area contributed by atoms with E-state index in [0.717, 1.165) is 12.8 Å². The van der Waals surface area contributed by atoms with Crippen LogP contribution in [0.15, 0.2) is 24.3 Å². The summed E-state index contributed by atoms with van der Waals surface area (Å²) in [6.07, 6.45) is 1.44. The highest BCUT2D eigenvalue weighted by molar-refractivity contribution is 7.62. The number of nitrogens with zero attached hydrogens (tertiary/aromatic N) is 2. The Bertz CT molecular complexity index is 772. The molecule has 1 fully saturated rings. The second-order valence-electron chi connectivity index (χ2n) is 7.19. The molecule has 0 aliphatic carbocycles. The number of rotatable bonds is 10. The number of ether oxygens (including phenoxy) is 1. The molecule has 9 nitrogen and oxygen atoms in total. The molecule has 1 aliphatic rings. The van der Waals surface area contributed by atoms with E-state index in [-0.39, 0.29) is 25.2 Å². The van der Waals surface area contributed by atoms with Gasteiger partial charge in [-0.1, -0.05) is 25.5 Å². The van der Waals surface area contributed by atoms with Crippen LogP contribution < -0.4 is 11.0 Å². The summed E-state index contributed by atoms with van der Waals surface area (Å²) in [5, 5.41) is 0.372. The SMILES string of the molecule is CCCCOC(=O)N1CCN(C(=O)C(N)c2cccc(P(=O)(OCC)OCC)c2)CC1. The zero-order valence-corrected chi connectivity index (χ0v) is 19.5. The summed E-state index contributed by atoms with van der Waals surface area (Å²) in [6, 6.07) is 5.74. The monoisotopic (exact) mass is 455 g/mol. The van der Waals surface area contributed by atoms with Gasteiger partial charge in [0.15, 0.2) is 0 Å². The predicted molar refractivity (Wildman–Crippen MR) is 118 cm³/mol. The average molecular weight is 455 g/mol. The van der Waals surface area contributed by atoms with Gasteiger partial charge in [0.25, 0.3) is 0 Å². The largest absolute Gasteiger partial charge is 0.449 e. The lowest BCUT2D eigenvalue weighted by Crippen LogP contribution is -2.52. The Kier molecular flexibility index (Phi) is 9.96. The van der Waals surface area contributed by atoms with E-state index in [1.54, 1.807) is 47.9 Å². The lowest BCUT2D eigenvalue weighted by molar-refractivity contribution is -0.134. The quantitative estimate of drug-likeness (QED) is 0.426. The number of carbonyl (C=O) groups excluding carboxylic acids is 2. The Labute approximate surface area is 184 Å². The molecule has 1 unspecified atom stereocenters. The molecule has 0 aromatic heterocycles. The van der Waals surface area contributed by atoms with E-state index in [2.05, 4.69) is 0 Å². The van der Waals surface area contributed by atoms with Gasteiger partial charge < -0.3 is 29.3 Å². The zero-order valence-electron chi connectivity index (χ0n) is 18.6. The molecular weight excluding hydrogens is 421 g/mol. The van der Waals surface area contributed by atoms with E-state index in [1.807, 2.05) is 6.92 Å². The van der Waals surface area contributed by atoms with Crippen molar-refractivity contribution >= 4 is 24.9 Å².